The zero-order valence-electron chi connectivity index (χ0n) is 8.23. The van der Waals surface area contributed by atoms with Gasteiger partial charge in [-0.15, -0.1) is 0 Å². The van der Waals surface area contributed by atoms with Crippen LogP contribution in [0.25, 0.3) is 0 Å². The lowest BCUT2D eigenvalue weighted by Crippen LogP contribution is -2.13. The monoisotopic (exact) mass is 212 g/mol. The second-order valence-electron chi connectivity index (χ2n) is 2.76. The van der Waals surface area contributed by atoms with E-state index in [1.807, 2.05) is 6.92 Å². The van der Waals surface area contributed by atoms with Crippen LogP contribution < -0.4 is 16.6 Å². The molecule has 0 saturated carbocycles. The molecule has 1 aromatic heterocycles. The van der Waals surface area contributed by atoms with Crippen LogP contribution in [0.2, 0.25) is 0 Å². The molecule has 0 aliphatic heterocycles. The standard InChI is InChI=1S/C7H12N6O2/c1-2-3-9-6-5(13(14)15)4-10-7(11-6)12-8/h4H,2-3,8H2,1H3,(H2,9,10,11,12). The van der Waals surface area contributed by atoms with Gasteiger partial charge in [-0.2, -0.15) is 4.98 Å². The molecule has 1 heterocycles. The largest absolute Gasteiger partial charge is 0.364 e. The van der Waals surface area contributed by atoms with Crippen molar-refractivity contribution >= 4 is 17.5 Å². The summed E-state index contributed by atoms with van der Waals surface area (Å²) in [5.41, 5.74) is 2.06. The minimum absolute atomic E-state index is 0.138. The smallest absolute Gasteiger partial charge is 0.329 e. The Bertz CT molecular complexity index is 355. The average Bonchev–Trinajstić information content (AvgIpc) is 2.25. The maximum Gasteiger partial charge on any atom is 0.329 e. The number of nitrogen functional groups attached to an aromatic ring is 1. The number of anilines is 2. The molecule has 0 atom stereocenters. The second kappa shape index (κ2) is 5.05. The van der Waals surface area contributed by atoms with E-state index in [1.54, 1.807) is 0 Å². The molecule has 1 rings (SSSR count). The highest BCUT2D eigenvalue weighted by molar-refractivity contribution is 5.56. The lowest BCUT2D eigenvalue weighted by molar-refractivity contribution is -0.384. The van der Waals surface area contributed by atoms with Crippen LogP contribution in [0.4, 0.5) is 17.5 Å². The Morgan fingerprint density at radius 3 is 2.93 bits per heavy atom. The molecule has 0 fully saturated rings. The van der Waals surface area contributed by atoms with Crippen LogP contribution in [-0.4, -0.2) is 21.4 Å². The fourth-order valence-corrected chi connectivity index (χ4v) is 0.952. The Morgan fingerprint density at radius 2 is 2.40 bits per heavy atom. The van der Waals surface area contributed by atoms with Crippen LogP contribution in [0.1, 0.15) is 13.3 Å². The van der Waals surface area contributed by atoms with E-state index in [1.165, 1.54) is 0 Å². The first-order valence-electron chi connectivity index (χ1n) is 4.41. The summed E-state index contributed by atoms with van der Waals surface area (Å²) in [4.78, 5) is 17.6. The number of nitrogens with one attached hydrogen (secondary N) is 2. The first-order chi connectivity index (χ1) is 7.19. The molecule has 1 aromatic rings. The van der Waals surface area contributed by atoms with Crippen molar-refractivity contribution in [2.75, 3.05) is 17.3 Å². The summed E-state index contributed by atoms with van der Waals surface area (Å²) in [7, 11) is 0. The predicted octanol–water partition coefficient (Wildman–Crippen LogP) is 0.492. The number of nitrogens with zero attached hydrogens (tertiary/aromatic N) is 3. The Labute approximate surface area is 86.0 Å². The fraction of sp³-hybridized carbons (Fsp3) is 0.429. The fourth-order valence-electron chi connectivity index (χ4n) is 0.952. The van der Waals surface area contributed by atoms with Crippen molar-refractivity contribution < 1.29 is 4.92 Å². The lowest BCUT2D eigenvalue weighted by Gasteiger charge is -2.05. The molecular formula is C7H12N6O2. The number of hydrogen-bond donors (Lipinski definition) is 3. The molecule has 0 aliphatic rings. The second-order valence-corrected chi connectivity index (χ2v) is 2.76. The summed E-state index contributed by atoms with van der Waals surface area (Å²) in [6.45, 7) is 2.55. The van der Waals surface area contributed by atoms with Gasteiger partial charge < -0.3 is 5.32 Å². The number of hydrogen-bond acceptors (Lipinski definition) is 7. The minimum atomic E-state index is -0.543. The molecule has 0 bridgehead atoms. The number of nitrogens with two attached hydrogens (primary N) is 1. The highest BCUT2D eigenvalue weighted by atomic mass is 16.6. The normalized spacial score (nSPS) is 9.73. The molecule has 0 aromatic carbocycles. The maximum absolute atomic E-state index is 10.6. The molecule has 0 unspecified atom stereocenters. The lowest BCUT2D eigenvalue weighted by atomic mass is 10.4. The van der Waals surface area contributed by atoms with E-state index >= 15 is 0 Å². The van der Waals surface area contributed by atoms with Crippen molar-refractivity contribution in [3.63, 3.8) is 0 Å². The number of aromatic nitrogens is 2. The summed E-state index contributed by atoms with van der Waals surface area (Å²) in [5.74, 6) is 5.41. The van der Waals surface area contributed by atoms with Crippen molar-refractivity contribution in [2.45, 2.75) is 13.3 Å². The third-order valence-electron chi connectivity index (χ3n) is 1.64. The summed E-state index contributed by atoms with van der Waals surface area (Å²) in [5, 5.41) is 13.4. The van der Waals surface area contributed by atoms with Crippen molar-refractivity contribution in [1.29, 1.82) is 0 Å². The molecule has 4 N–H and O–H groups in total. The molecule has 0 aliphatic carbocycles. The number of rotatable bonds is 5. The van der Waals surface area contributed by atoms with Crippen LogP contribution in [0.3, 0.4) is 0 Å². The molecule has 8 nitrogen and oxygen atoms in total. The van der Waals surface area contributed by atoms with Gasteiger partial charge in [0.2, 0.25) is 11.8 Å². The molecule has 0 spiro atoms. The van der Waals surface area contributed by atoms with Gasteiger partial charge in [0.05, 0.1) is 4.92 Å². The highest BCUT2D eigenvalue weighted by Crippen LogP contribution is 2.21. The Hall–Kier alpha value is -1.96. The van der Waals surface area contributed by atoms with E-state index in [0.717, 1.165) is 12.6 Å². The van der Waals surface area contributed by atoms with Gasteiger partial charge in [-0.3, -0.25) is 15.5 Å². The van der Waals surface area contributed by atoms with Crippen molar-refractivity contribution in [3.8, 4) is 0 Å². The minimum Gasteiger partial charge on any atom is -0.364 e. The van der Waals surface area contributed by atoms with Gasteiger partial charge in [-0.25, -0.2) is 10.8 Å². The van der Waals surface area contributed by atoms with Crippen LogP contribution in [0.5, 0.6) is 0 Å². The van der Waals surface area contributed by atoms with Gasteiger partial charge in [0, 0.05) is 6.54 Å². The average molecular weight is 212 g/mol. The van der Waals surface area contributed by atoms with E-state index in [0.29, 0.717) is 6.54 Å². The Morgan fingerprint density at radius 1 is 1.67 bits per heavy atom. The van der Waals surface area contributed by atoms with Gasteiger partial charge in [-0.1, -0.05) is 6.92 Å². The SMILES string of the molecule is CCCNc1nc(NN)ncc1[N+](=O)[O-]. The molecule has 0 amide bonds. The molecule has 82 valence electrons. The summed E-state index contributed by atoms with van der Waals surface area (Å²) >= 11 is 0. The highest BCUT2D eigenvalue weighted by Gasteiger charge is 2.16. The van der Waals surface area contributed by atoms with E-state index in [4.69, 9.17) is 5.84 Å². The van der Waals surface area contributed by atoms with E-state index in [2.05, 4.69) is 20.7 Å². The zero-order chi connectivity index (χ0) is 11.3. The first-order valence-corrected chi connectivity index (χ1v) is 4.41. The number of hydrazine groups is 1. The van der Waals surface area contributed by atoms with E-state index in [-0.39, 0.29) is 17.5 Å². The maximum atomic E-state index is 10.6. The van der Waals surface area contributed by atoms with Crippen LogP contribution >= 0.6 is 0 Å². The van der Waals surface area contributed by atoms with Crippen molar-refractivity contribution in [3.05, 3.63) is 16.3 Å². The van der Waals surface area contributed by atoms with Gasteiger partial charge in [0.1, 0.15) is 6.20 Å². The summed E-state index contributed by atoms with van der Waals surface area (Å²) in [6, 6.07) is 0. The van der Waals surface area contributed by atoms with Gasteiger partial charge in [0.15, 0.2) is 0 Å². The molecule has 8 heteroatoms. The van der Waals surface area contributed by atoms with Crippen LogP contribution in [-0.2, 0) is 0 Å². The van der Waals surface area contributed by atoms with Crippen LogP contribution in [0, 0.1) is 10.1 Å². The Balaban J connectivity index is 2.99. The molecule has 0 saturated heterocycles. The van der Waals surface area contributed by atoms with E-state index < -0.39 is 4.92 Å². The third kappa shape index (κ3) is 2.74. The quantitative estimate of drug-likeness (QED) is 0.369. The van der Waals surface area contributed by atoms with Gasteiger partial charge in [0.25, 0.3) is 0 Å². The van der Waals surface area contributed by atoms with E-state index in [9.17, 15) is 10.1 Å². The van der Waals surface area contributed by atoms with Crippen molar-refractivity contribution in [1.82, 2.24) is 9.97 Å². The summed E-state index contributed by atoms with van der Waals surface area (Å²) in [6.07, 6.45) is 1.95. The zero-order valence-corrected chi connectivity index (χ0v) is 8.23. The van der Waals surface area contributed by atoms with Gasteiger partial charge in [-0.05, 0) is 6.42 Å². The Kier molecular flexibility index (Phi) is 3.75. The topological polar surface area (TPSA) is 119 Å². The third-order valence-corrected chi connectivity index (χ3v) is 1.64. The van der Waals surface area contributed by atoms with Crippen molar-refractivity contribution in [2.24, 2.45) is 5.84 Å². The van der Waals surface area contributed by atoms with Crippen LogP contribution in [0.15, 0.2) is 6.20 Å². The number of nitro groups is 1. The summed E-state index contributed by atoms with van der Waals surface area (Å²) < 4.78 is 0. The molecular weight excluding hydrogens is 200 g/mol. The first kappa shape index (κ1) is 11.1. The molecule has 15 heavy (non-hydrogen) atoms. The molecule has 0 radical (unpaired) electrons. The predicted molar refractivity (Wildman–Crippen MR) is 55.3 cm³/mol. The van der Waals surface area contributed by atoms with Gasteiger partial charge >= 0.3 is 5.69 Å².